The third-order valence-electron chi connectivity index (χ3n) is 4.72. The van der Waals surface area contributed by atoms with Gasteiger partial charge in [0, 0.05) is 25.1 Å². The van der Waals surface area contributed by atoms with Crippen molar-refractivity contribution >= 4 is 5.91 Å². The number of halogens is 1. The van der Waals surface area contributed by atoms with Gasteiger partial charge in [0.1, 0.15) is 11.6 Å². The number of carbonyl (C=O) groups is 1. The average Bonchev–Trinajstić information content (AvgIpc) is 3.32. The second kappa shape index (κ2) is 7.80. The quantitative estimate of drug-likeness (QED) is 0.650. The summed E-state index contributed by atoms with van der Waals surface area (Å²) < 4.78 is 23.9. The Morgan fingerprint density at radius 1 is 1.18 bits per heavy atom. The molecule has 7 heteroatoms. The van der Waals surface area contributed by atoms with Crippen LogP contribution >= 0.6 is 0 Å². The monoisotopic (exact) mass is 381 g/mol. The van der Waals surface area contributed by atoms with Crippen LogP contribution < -0.4 is 4.74 Å². The van der Waals surface area contributed by atoms with Crippen LogP contribution in [0.15, 0.2) is 53.1 Å². The van der Waals surface area contributed by atoms with Crippen molar-refractivity contribution in [2.45, 2.75) is 25.8 Å². The third kappa shape index (κ3) is 3.88. The fourth-order valence-electron chi connectivity index (χ4n) is 3.29. The molecule has 0 radical (unpaired) electrons. The molecule has 6 nitrogen and oxygen atoms in total. The lowest BCUT2D eigenvalue weighted by molar-refractivity contribution is -0.128. The number of likely N-dealkylation sites (tertiary alicyclic amines) is 1. The van der Waals surface area contributed by atoms with Crippen molar-refractivity contribution in [3.63, 3.8) is 0 Å². The first-order valence-electron chi connectivity index (χ1n) is 9.21. The average molecular weight is 381 g/mol. The molecular weight excluding hydrogens is 361 g/mol. The van der Waals surface area contributed by atoms with Gasteiger partial charge in [0.2, 0.25) is 17.6 Å². The molecule has 1 aliphatic heterocycles. The minimum Gasteiger partial charge on any atom is -0.494 e. The maximum atomic E-state index is 13.0. The zero-order valence-electron chi connectivity index (χ0n) is 15.5. The van der Waals surface area contributed by atoms with Crippen LogP contribution in [-0.4, -0.2) is 34.1 Å². The number of hydrogen-bond donors (Lipinski definition) is 0. The second-order valence-corrected chi connectivity index (χ2v) is 6.72. The summed E-state index contributed by atoms with van der Waals surface area (Å²) in [4.78, 5) is 18.6. The Balaban J connectivity index is 1.44. The number of hydrogen-bond acceptors (Lipinski definition) is 5. The molecule has 4 rings (SSSR count). The van der Waals surface area contributed by atoms with E-state index in [4.69, 9.17) is 9.26 Å². The SMILES string of the molecule is CCOc1ccc(-c2noc(C3CC(=O)N(Cc4ccc(F)cc4)C3)n2)cc1. The molecule has 0 bridgehead atoms. The summed E-state index contributed by atoms with van der Waals surface area (Å²) in [6.45, 7) is 3.48. The Morgan fingerprint density at radius 2 is 1.93 bits per heavy atom. The summed E-state index contributed by atoms with van der Waals surface area (Å²) in [7, 11) is 0. The Labute approximate surface area is 161 Å². The van der Waals surface area contributed by atoms with Crippen molar-refractivity contribution < 1.29 is 18.4 Å². The lowest BCUT2D eigenvalue weighted by Gasteiger charge is -2.15. The van der Waals surface area contributed by atoms with Crippen LogP contribution in [0.2, 0.25) is 0 Å². The second-order valence-electron chi connectivity index (χ2n) is 6.72. The van der Waals surface area contributed by atoms with Crippen LogP contribution in [0.3, 0.4) is 0 Å². The van der Waals surface area contributed by atoms with Gasteiger partial charge in [0.15, 0.2) is 0 Å². The summed E-state index contributed by atoms with van der Waals surface area (Å²) in [6.07, 6.45) is 0.326. The van der Waals surface area contributed by atoms with Crippen molar-refractivity contribution in [2.24, 2.45) is 0 Å². The minimum atomic E-state index is -0.290. The smallest absolute Gasteiger partial charge is 0.232 e. The normalized spacial score (nSPS) is 16.6. The predicted octanol–water partition coefficient (Wildman–Crippen LogP) is 3.79. The lowest BCUT2D eigenvalue weighted by Crippen LogP contribution is -2.24. The van der Waals surface area contributed by atoms with Crippen molar-refractivity contribution in [1.29, 1.82) is 0 Å². The third-order valence-corrected chi connectivity index (χ3v) is 4.72. The highest BCUT2D eigenvalue weighted by molar-refractivity contribution is 5.79. The van der Waals surface area contributed by atoms with Crippen molar-refractivity contribution in [3.8, 4) is 17.1 Å². The van der Waals surface area contributed by atoms with Crippen LogP contribution in [0.4, 0.5) is 4.39 Å². The number of rotatable bonds is 6. The molecule has 1 aliphatic rings. The van der Waals surface area contributed by atoms with E-state index >= 15 is 0 Å². The molecule has 1 fully saturated rings. The molecule has 144 valence electrons. The molecule has 2 aromatic carbocycles. The fraction of sp³-hybridized carbons (Fsp3) is 0.286. The Bertz CT molecular complexity index is 954. The van der Waals surface area contributed by atoms with Crippen molar-refractivity contribution in [2.75, 3.05) is 13.2 Å². The van der Waals surface area contributed by atoms with Crippen LogP contribution in [0.25, 0.3) is 11.4 Å². The molecular formula is C21H20FN3O3. The van der Waals surface area contributed by atoms with Gasteiger partial charge in [-0.15, -0.1) is 0 Å². The van der Waals surface area contributed by atoms with Crippen molar-refractivity contribution in [1.82, 2.24) is 15.0 Å². The van der Waals surface area contributed by atoms with Crippen molar-refractivity contribution in [3.05, 3.63) is 65.8 Å². The van der Waals surface area contributed by atoms with Gasteiger partial charge in [-0.1, -0.05) is 17.3 Å². The molecule has 1 atom stereocenters. The molecule has 0 N–H and O–H groups in total. The predicted molar refractivity (Wildman–Crippen MR) is 100 cm³/mol. The first kappa shape index (κ1) is 18.2. The highest BCUT2D eigenvalue weighted by atomic mass is 19.1. The van der Waals surface area contributed by atoms with E-state index in [1.54, 1.807) is 17.0 Å². The van der Waals surface area contributed by atoms with E-state index in [0.717, 1.165) is 16.9 Å². The lowest BCUT2D eigenvalue weighted by atomic mass is 10.1. The molecule has 1 amide bonds. The van der Waals surface area contributed by atoms with Crippen LogP contribution in [-0.2, 0) is 11.3 Å². The molecule has 28 heavy (non-hydrogen) atoms. The van der Waals surface area contributed by atoms with Crippen LogP contribution in [0.1, 0.15) is 30.7 Å². The molecule has 0 spiro atoms. The van der Waals surface area contributed by atoms with Gasteiger partial charge in [-0.2, -0.15) is 4.98 Å². The maximum absolute atomic E-state index is 13.0. The van der Waals surface area contributed by atoms with Gasteiger partial charge in [-0.05, 0) is 48.9 Å². The summed E-state index contributed by atoms with van der Waals surface area (Å²) in [5, 5.41) is 4.05. The topological polar surface area (TPSA) is 68.5 Å². The zero-order valence-corrected chi connectivity index (χ0v) is 15.5. The number of ether oxygens (including phenoxy) is 1. The zero-order chi connectivity index (χ0) is 19.5. The summed E-state index contributed by atoms with van der Waals surface area (Å²) in [5.74, 6) is 1.32. The first-order valence-corrected chi connectivity index (χ1v) is 9.21. The van der Waals surface area contributed by atoms with E-state index in [-0.39, 0.29) is 17.6 Å². The molecule has 2 heterocycles. The highest BCUT2D eigenvalue weighted by Gasteiger charge is 2.34. The van der Waals surface area contributed by atoms with Gasteiger partial charge in [0.05, 0.1) is 12.5 Å². The van der Waals surface area contributed by atoms with Gasteiger partial charge >= 0.3 is 0 Å². The number of nitrogens with zero attached hydrogens (tertiary/aromatic N) is 3. The standard InChI is InChI=1S/C21H20FN3O3/c1-2-27-18-9-5-15(6-10-18)20-23-21(28-24-20)16-11-19(26)25(13-16)12-14-3-7-17(22)8-4-14/h3-10,16H,2,11-13H2,1H3. The molecule has 1 saturated heterocycles. The van der Waals surface area contributed by atoms with Crippen LogP contribution in [0, 0.1) is 5.82 Å². The molecule has 3 aromatic rings. The number of benzene rings is 2. The van der Waals surface area contributed by atoms with Gasteiger partial charge < -0.3 is 14.2 Å². The Morgan fingerprint density at radius 3 is 2.64 bits per heavy atom. The molecule has 1 unspecified atom stereocenters. The van der Waals surface area contributed by atoms with Gasteiger partial charge in [-0.25, -0.2) is 4.39 Å². The van der Waals surface area contributed by atoms with Crippen LogP contribution in [0.5, 0.6) is 5.75 Å². The highest BCUT2D eigenvalue weighted by Crippen LogP contribution is 2.30. The van der Waals surface area contributed by atoms with Gasteiger partial charge in [-0.3, -0.25) is 4.79 Å². The van der Waals surface area contributed by atoms with E-state index in [1.807, 2.05) is 31.2 Å². The fourth-order valence-corrected chi connectivity index (χ4v) is 3.29. The largest absolute Gasteiger partial charge is 0.494 e. The number of carbonyl (C=O) groups excluding carboxylic acids is 1. The maximum Gasteiger partial charge on any atom is 0.232 e. The Kier molecular flexibility index (Phi) is 5.06. The van der Waals surface area contributed by atoms with Gasteiger partial charge in [0.25, 0.3) is 0 Å². The summed E-state index contributed by atoms with van der Waals surface area (Å²) >= 11 is 0. The summed E-state index contributed by atoms with van der Waals surface area (Å²) in [6, 6.07) is 13.6. The van der Waals surface area contributed by atoms with E-state index in [9.17, 15) is 9.18 Å². The molecule has 0 aliphatic carbocycles. The number of amides is 1. The molecule has 0 saturated carbocycles. The molecule has 1 aromatic heterocycles. The van der Waals surface area contributed by atoms with E-state index in [0.29, 0.717) is 37.8 Å². The number of aromatic nitrogens is 2. The van der Waals surface area contributed by atoms with E-state index in [1.165, 1.54) is 12.1 Å². The summed E-state index contributed by atoms with van der Waals surface area (Å²) in [5.41, 5.74) is 1.71. The van der Waals surface area contributed by atoms with E-state index in [2.05, 4.69) is 10.1 Å². The minimum absolute atomic E-state index is 0.0233. The van der Waals surface area contributed by atoms with E-state index < -0.39 is 0 Å². The Hall–Kier alpha value is -3.22. The first-order chi connectivity index (χ1) is 13.6.